The first-order chi connectivity index (χ1) is 34.7. The van der Waals surface area contributed by atoms with Crippen LogP contribution in [0.15, 0.2) is 91.1 Å². The summed E-state index contributed by atoms with van der Waals surface area (Å²) in [5.41, 5.74) is 18.6. The summed E-state index contributed by atoms with van der Waals surface area (Å²) in [4.78, 5) is 116. The Kier molecular flexibility index (Phi) is 21.6. The Balaban J connectivity index is 1.58. The number of carbonyl (C=O) groups excluding carboxylic acids is 8. The van der Waals surface area contributed by atoms with E-state index in [1.54, 1.807) is 60.8 Å². The number of hydrogen-bond acceptors (Lipinski definition) is 14. The number of H-pyrrole nitrogens is 1. The molecule has 0 spiro atoms. The van der Waals surface area contributed by atoms with E-state index in [1.807, 2.05) is 30.3 Å². The fourth-order valence-corrected chi connectivity index (χ4v) is 10.3. The van der Waals surface area contributed by atoms with Crippen LogP contribution in [0.2, 0.25) is 0 Å². The van der Waals surface area contributed by atoms with E-state index in [9.17, 15) is 48.6 Å². The molecule has 0 saturated carbocycles. The van der Waals surface area contributed by atoms with Gasteiger partial charge in [-0.3, -0.25) is 38.4 Å². The van der Waals surface area contributed by atoms with Crippen molar-refractivity contribution in [1.29, 1.82) is 0 Å². The first kappa shape index (κ1) is 57.4. The molecule has 3 unspecified atom stereocenters. The van der Waals surface area contributed by atoms with Gasteiger partial charge in [-0.05, 0) is 75.8 Å². The molecule has 21 nitrogen and oxygen atoms in total. The van der Waals surface area contributed by atoms with Crippen LogP contribution in [-0.2, 0) is 57.6 Å². The van der Waals surface area contributed by atoms with Crippen LogP contribution in [0.5, 0.6) is 0 Å². The van der Waals surface area contributed by atoms with E-state index < -0.39 is 107 Å². The number of benzene rings is 3. The van der Waals surface area contributed by atoms with E-state index in [1.165, 1.54) is 20.8 Å². The molecule has 4 aromatic rings. The number of aliphatic hydroxyl groups is 2. The van der Waals surface area contributed by atoms with Gasteiger partial charge in [0.25, 0.3) is 0 Å². The molecule has 0 radical (unpaired) electrons. The highest BCUT2D eigenvalue weighted by molar-refractivity contribution is 8.76. The molecule has 9 atom stereocenters. The first-order valence-corrected chi connectivity index (χ1v) is 26.4. The predicted molar refractivity (Wildman–Crippen MR) is 279 cm³/mol. The summed E-state index contributed by atoms with van der Waals surface area (Å²) in [6.07, 6.45) is 0.872. The van der Waals surface area contributed by atoms with Crippen molar-refractivity contribution in [1.82, 2.24) is 42.2 Å². The minimum atomic E-state index is -1.86. The maximum absolute atomic E-state index is 14.7. The average Bonchev–Trinajstić information content (AvgIpc) is 3.76. The molecule has 1 aliphatic heterocycles. The molecule has 1 aliphatic rings. The first-order valence-electron chi connectivity index (χ1n) is 23.9. The molecule has 2 heterocycles. The van der Waals surface area contributed by atoms with E-state index in [-0.39, 0.29) is 43.7 Å². The maximum Gasteiger partial charge on any atom is 0.245 e. The van der Waals surface area contributed by atoms with Crippen LogP contribution in [0.25, 0.3) is 10.9 Å². The average molecular weight is 1050 g/mol. The van der Waals surface area contributed by atoms with E-state index >= 15 is 0 Å². The molecule has 3 aromatic carbocycles. The highest BCUT2D eigenvalue weighted by Gasteiger charge is 2.38. The van der Waals surface area contributed by atoms with Crippen molar-refractivity contribution in [3.8, 4) is 0 Å². The molecule has 0 bridgehead atoms. The Bertz CT molecular complexity index is 2530. The van der Waals surface area contributed by atoms with Gasteiger partial charge in [-0.1, -0.05) is 100 Å². The van der Waals surface area contributed by atoms with Crippen LogP contribution in [0.1, 0.15) is 56.7 Å². The number of aromatic amines is 1. The molecule has 73 heavy (non-hydrogen) atoms. The van der Waals surface area contributed by atoms with Crippen molar-refractivity contribution >= 4 is 79.7 Å². The number of rotatable bonds is 17. The molecular formula is C50H67N11O10S2. The summed E-state index contributed by atoms with van der Waals surface area (Å²) in [5, 5.41) is 40.9. The monoisotopic (exact) mass is 1050 g/mol. The summed E-state index contributed by atoms with van der Waals surface area (Å²) in [6, 6.07) is 13.7. The van der Waals surface area contributed by atoms with Crippen LogP contribution >= 0.6 is 21.6 Å². The van der Waals surface area contributed by atoms with Gasteiger partial charge in [0.1, 0.15) is 42.3 Å². The second kappa shape index (κ2) is 27.5. The van der Waals surface area contributed by atoms with Crippen molar-refractivity contribution < 1.29 is 48.6 Å². The number of aromatic nitrogens is 1. The van der Waals surface area contributed by atoms with E-state index in [0.717, 1.165) is 38.1 Å². The number of amides is 8. The van der Waals surface area contributed by atoms with Crippen molar-refractivity contribution in [2.24, 2.45) is 17.2 Å². The normalized spacial score (nSPS) is 22.3. The Morgan fingerprint density at radius 1 is 0.740 bits per heavy atom. The van der Waals surface area contributed by atoms with Gasteiger partial charge in [-0.25, -0.2) is 0 Å². The topological polar surface area (TPSA) is 355 Å². The minimum absolute atomic E-state index is 0.00974. The van der Waals surface area contributed by atoms with Gasteiger partial charge in [0, 0.05) is 41.4 Å². The summed E-state index contributed by atoms with van der Waals surface area (Å²) < 4.78 is 0. The summed E-state index contributed by atoms with van der Waals surface area (Å²) in [6.45, 7) is 3.96. The number of nitrogens with two attached hydrogens (primary N) is 3. The molecule has 1 fully saturated rings. The third kappa shape index (κ3) is 17.3. The zero-order valence-corrected chi connectivity index (χ0v) is 42.6. The molecule has 5 rings (SSSR count). The van der Waals surface area contributed by atoms with Gasteiger partial charge < -0.3 is 69.6 Å². The number of fused-ring (bicyclic) bond motifs is 1. The number of nitrogens with one attached hydrogen (secondary N) is 8. The summed E-state index contributed by atoms with van der Waals surface area (Å²) in [5.74, 6) is -7.55. The summed E-state index contributed by atoms with van der Waals surface area (Å²) in [7, 11) is 1.96. The molecule has 0 aliphatic carbocycles. The van der Waals surface area contributed by atoms with Gasteiger partial charge in [-0.15, -0.1) is 0 Å². The van der Waals surface area contributed by atoms with Gasteiger partial charge in [0.15, 0.2) is 0 Å². The molecule has 23 heteroatoms. The maximum atomic E-state index is 14.7. The van der Waals surface area contributed by atoms with E-state index in [4.69, 9.17) is 17.2 Å². The SMILES string of the molecule is C[C@@H](O)[C@@H]1NC(=O)[C@H](CCCCN)NC(=O)C(Cc2c[nH]c3ccccc23)NC(=O)[C@H](Cc2ccccc2)NC(=O)C(NC(=O)[C@H](N)Cc2ccccc2)CSSCC(C(=O)N[C@H](C(N)=O)C(C)(C)O)NC1=O. The van der Waals surface area contributed by atoms with Gasteiger partial charge in [-0.2, -0.15) is 0 Å². The highest BCUT2D eigenvalue weighted by Crippen LogP contribution is 2.25. The molecule has 8 amide bonds. The lowest BCUT2D eigenvalue weighted by molar-refractivity contribution is -0.137. The minimum Gasteiger partial charge on any atom is -0.391 e. The van der Waals surface area contributed by atoms with E-state index in [2.05, 4.69) is 42.2 Å². The Labute approximate surface area is 431 Å². The number of primary amides is 1. The fraction of sp³-hybridized carbons (Fsp3) is 0.440. The van der Waals surface area contributed by atoms with Crippen LogP contribution in [0.3, 0.4) is 0 Å². The molecule has 394 valence electrons. The van der Waals surface area contributed by atoms with Crippen LogP contribution in [0, 0.1) is 0 Å². The van der Waals surface area contributed by atoms with Crippen molar-refractivity contribution in [3.05, 3.63) is 108 Å². The predicted octanol–water partition coefficient (Wildman–Crippen LogP) is -0.922. The number of carbonyl (C=O) groups is 8. The second-order valence-electron chi connectivity index (χ2n) is 18.4. The molecule has 16 N–H and O–H groups in total. The Hall–Kier alpha value is -6.50. The molecular weight excluding hydrogens is 979 g/mol. The van der Waals surface area contributed by atoms with Crippen LogP contribution < -0.4 is 54.4 Å². The fourth-order valence-electron chi connectivity index (χ4n) is 7.96. The Morgan fingerprint density at radius 2 is 1.32 bits per heavy atom. The number of para-hydroxylation sites is 1. The lowest BCUT2D eigenvalue weighted by Gasteiger charge is -2.30. The third-order valence-corrected chi connectivity index (χ3v) is 14.4. The lowest BCUT2D eigenvalue weighted by Crippen LogP contribution is -2.63. The lowest BCUT2D eigenvalue weighted by atomic mass is 9.98. The number of aliphatic hydroxyl groups excluding tert-OH is 1. The molecule has 1 saturated heterocycles. The van der Waals surface area contributed by atoms with E-state index in [0.29, 0.717) is 24.0 Å². The third-order valence-electron chi connectivity index (χ3n) is 12.0. The zero-order valence-electron chi connectivity index (χ0n) is 40.9. The van der Waals surface area contributed by atoms with Crippen LogP contribution in [-0.4, -0.2) is 141 Å². The quantitative estimate of drug-likeness (QED) is 0.0450. The van der Waals surface area contributed by atoms with Crippen molar-refractivity contribution in [3.63, 3.8) is 0 Å². The van der Waals surface area contributed by atoms with Gasteiger partial charge in [0.05, 0.1) is 17.7 Å². The van der Waals surface area contributed by atoms with Gasteiger partial charge in [0.2, 0.25) is 47.3 Å². The smallest absolute Gasteiger partial charge is 0.245 e. The van der Waals surface area contributed by atoms with Crippen LogP contribution in [0.4, 0.5) is 0 Å². The number of hydrogen-bond donors (Lipinski definition) is 13. The molecule has 1 aromatic heterocycles. The zero-order chi connectivity index (χ0) is 53.2. The van der Waals surface area contributed by atoms with Gasteiger partial charge >= 0.3 is 0 Å². The van der Waals surface area contributed by atoms with Crippen molar-refractivity contribution in [2.75, 3.05) is 18.1 Å². The largest absolute Gasteiger partial charge is 0.391 e. The summed E-state index contributed by atoms with van der Waals surface area (Å²) >= 11 is 0. The Morgan fingerprint density at radius 3 is 1.95 bits per heavy atom. The van der Waals surface area contributed by atoms with Crippen molar-refractivity contribution in [2.45, 2.75) is 119 Å². The number of unbranched alkanes of at least 4 members (excludes halogenated alkanes) is 1. The highest BCUT2D eigenvalue weighted by atomic mass is 33.1. The standard InChI is InChI=1S/C50H67N11O10S2/c1-28(62)40-49(70)59-39(48(69)61-41(42(53)63)50(2,3)71)27-73-72-26-38(58-43(64)33(52)22-29-14-6-4-7-15-29)47(68)56-36(23-30-16-8-5-9-17-30)45(66)57-37(24-31-25-54-34-19-11-10-18-32(31)34)46(67)55-35(44(65)60-40)20-12-13-21-51/h4-11,14-19,25,28,33,35-41,54,62,71H,12-13,20-24,26-27,51-52H2,1-3H3,(H2,53,63)(H,55,67)(H,56,68)(H,57,66)(H,58,64)(H,59,70)(H,60,65)(H,61,69)/t28-,33-,35+,36+,37?,38?,39?,40+,41-/m1/s1. The second-order valence-corrected chi connectivity index (χ2v) is 21.0.